The maximum absolute atomic E-state index is 13.0. The van der Waals surface area contributed by atoms with Crippen LogP contribution >= 0.6 is 0 Å². The van der Waals surface area contributed by atoms with Crippen LogP contribution in [-0.4, -0.2) is 47.0 Å². The lowest BCUT2D eigenvalue weighted by molar-refractivity contribution is -0.112. The number of nitrogens with zero attached hydrogens (tertiary/aromatic N) is 3. The Balaban J connectivity index is 1.30. The zero-order valence-corrected chi connectivity index (χ0v) is 20.4. The molecule has 0 bridgehead atoms. The number of phenols is 1. The number of fused-ring (bicyclic) bond motifs is 1. The lowest BCUT2D eigenvalue weighted by Crippen LogP contribution is -2.46. The van der Waals surface area contributed by atoms with E-state index in [2.05, 4.69) is 64.8 Å². The molecule has 0 saturated carbocycles. The molecule has 4 aromatic carbocycles. The van der Waals surface area contributed by atoms with E-state index in [1.807, 2.05) is 23.1 Å². The van der Waals surface area contributed by atoms with E-state index >= 15 is 0 Å². The molecule has 1 saturated heterocycles. The smallest absolute Gasteiger partial charge is 0.267 e. The van der Waals surface area contributed by atoms with Gasteiger partial charge in [0.25, 0.3) is 5.91 Å². The summed E-state index contributed by atoms with van der Waals surface area (Å²) in [5, 5.41) is 24.1. The van der Waals surface area contributed by atoms with Gasteiger partial charge in [0.1, 0.15) is 17.4 Å². The van der Waals surface area contributed by atoms with Crippen LogP contribution in [-0.2, 0) is 4.79 Å². The second kappa shape index (κ2) is 11.0. The molecule has 6 nitrogen and oxygen atoms in total. The van der Waals surface area contributed by atoms with Gasteiger partial charge in [-0.3, -0.25) is 9.69 Å². The SMILES string of the molecule is N#C/C(=C/N1CCN(C(c2ccccc2)c2ccccc2)CC1)C(=O)Nc1cccc2c(O)cccc12. The summed E-state index contributed by atoms with van der Waals surface area (Å²) in [5.74, 6) is -0.320. The minimum absolute atomic E-state index is 0.0493. The molecule has 0 spiro atoms. The van der Waals surface area contributed by atoms with Crippen molar-refractivity contribution < 1.29 is 9.90 Å². The topological polar surface area (TPSA) is 79.6 Å². The number of carbonyl (C=O) groups excluding carboxylic acids is 1. The van der Waals surface area contributed by atoms with Crippen LogP contribution < -0.4 is 5.32 Å². The summed E-state index contributed by atoms with van der Waals surface area (Å²) in [7, 11) is 0. The Morgan fingerprint density at radius 1 is 0.811 bits per heavy atom. The number of anilines is 1. The van der Waals surface area contributed by atoms with E-state index in [0.717, 1.165) is 18.5 Å². The normalized spacial score (nSPS) is 14.5. The Bertz CT molecular complexity index is 1410. The van der Waals surface area contributed by atoms with Gasteiger partial charge in [-0.25, -0.2) is 0 Å². The molecule has 2 N–H and O–H groups in total. The van der Waals surface area contributed by atoms with Crippen molar-refractivity contribution >= 4 is 22.4 Å². The molecule has 0 radical (unpaired) electrons. The molecule has 1 aliphatic rings. The minimum Gasteiger partial charge on any atom is -0.507 e. The average Bonchev–Trinajstić information content (AvgIpc) is 2.94. The molecular weight excluding hydrogens is 460 g/mol. The maximum atomic E-state index is 13.0. The molecule has 1 amide bonds. The molecule has 37 heavy (non-hydrogen) atoms. The summed E-state index contributed by atoms with van der Waals surface area (Å²) in [6, 6.07) is 33.7. The van der Waals surface area contributed by atoms with Gasteiger partial charge < -0.3 is 15.3 Å². The van der Waals surface area contributed by atoms with Crippen molar-refractivity contribution in [3.63, 3.8) is 0 Å². The number of nitriles is 1. The van der Waals surface area contributed by atoms with Gasteiger partial charge in [0, 0.05) is 48.8 Å². The molecule has 4 aromatic rings. The standard InChI is InChI=1S/C31H28N4O2/c32-21-25(31(37)33-28-15-7-14-27-26(28)13-8-16-29(27)36)22-34-17-19-35(20-18-34)30(23-9-3-1-4-10-23)24-11-5-2-6-12-24/h1-16,22,30,36H,17-20H2,(H,33,37)/b25-22-. The predicted molar refractivity (Wildman–Crippen MR) is 146 cm³/mol. The molecule has 5 rings (SSSR count). The molecule has 1 fully saturated rings. The van der Waals surface area contributed by atoms with Crippen LogP contribution in [0.3, 0.4) is 0 Å². The van der Waals surface area contributed by atoms with E-state index in [0.29, 0.717) is 24.2 Å². The third-order valence-corrected chi connectivity index (χ3v) is 6.77. The Morgan fingerprint density at radius 2 is 1.41 bits per heavy atom. The van der Waals surface area contributed by atoms with E-state index in [1.165, 1.54) is 11.1 Å². The Morgan fingerprint density at radius 3 is 2.03 bits per heavy atom. The van der Waals surface area contributed by atoms with Gasteiger partial charge in [0.2, 0.25) is 0 Å². The molecule has 1 heterocycles. The van der Waals surface area contributed by atoms with Gasteiger partial charge in [-0.15, -0.1) is 0 Å². The summed E-state index contributed by atoms with van der Waals surface area (Å²) < 4.78 is 0. The first kappa shape index (κ1) is 24.1. The molecule has 0 unspecified atom stereocenters. The lowest BCUT2D eigenvalue weighted by Gasteiger charge is -2.39. The fourth-order valence-electron chi connectivity index (χ4n) is 4.92. The largest absolute Gasteiger partial charge is 0.507 e. The van der Waals surface area contributed by atoms with Crippen molar-refractivity contribution in [1.29, 1.82) is 5.26 Å². The molecule has 184 valence electrons. The zero-order valence-electron chi connectivity index (χ0n) is 20.4. The van der Waals surface area contributed by atoms with E-state index in [4.69, 9.17) is 0 Å². The Labute approximate surface area is 216 Å². The highest BCUT2D eigenvalue weighted by Gasteiger charge is 2.26. The van der Waals surface area contributed by atoms with Crippen molar-refractivity contribution in [1.82, 2.24) is 9.80 Å². The molecule has 1 aliphatic heterocycles. The van der Waals surface area contributed by atoms with E-state index in [9.17, 15) is 15.2 Å². The van der Waals surface area contributed by atoms with Crippen LogP contribution in [0.5, 0.6) is 5.75 Å². The summed E-state index contributed by atoms with van der Waals surface area (Å²) in [6.45, 7) is 3.01. The average molecular weight is 489 g/mol. The summed E-state index contributed by atoms with van der Waals surface area (Å²) in [6.07, 6.45) is 1.66. The number of phenolic OH excluding ortho intramolecular Hbond substituents is 1. The van der Waals surface area contributed by atoms with Crippen molar-refractivity contribution in [2.24, 2.45) is 0 Å². The van der Waals surface area contributed by atoms with Gasteiger partial charge in [0.05, 0.1) is 6.04 Å². The lowest BCUT2D eigenvalue weighted by atomic mass is 9.96. The summed E-state index contributed by atoms with van der Waals surface area (Å²) in [5.41, 5.74) is 3.10. The van der Waals surface area contributed by atoms with Crippen LogP contribution in [0.15, 0.2) is 109 Å². The molecule has 6 heteroatoms. The number of hydrogen-bond acceptors (Lipinski definition) is 5. The van der Waals surface area contributed by atoms with E-state index in [1.54, 1.807) is 36.5 Å². The number of piperazine rings is 1. The highest BCUT2D eigenvalue weighted by Crippen LogP contribution is 2.31. The van der Waals surface area contributed by atoms with Gasteiger partial charge >= 0.3 is 0 Å². The van der Waals surface area contributed by atoms with Gasteiger partial charge in [-0.1, -0.05) is 84.9 Å². The minimum atomic E-state index is -0.466. The Hall–Kier alpha value is -4.60. The highest BCUT2D eigenvalue weighted by molar-refractivity contribution is 6.11. The van der Waals surface area contributed by atoms with Crippen molar-refractivity contribution in [2.45, 2.75) is 6.04 Å². The Kier molecular flexibility index (Phi) is 7.16. The monoisotopic (exact) mass is 488 g/mol. The van der Waals surface area contributed by atoms with Crippen molar-refractivity contribution in [3.8, 4) is 11.8 Å². The number of rotatable bonds is 6. The number of aromatic hydroxyl groups is 1. The quantitative estimate of drug-likeness (QED) is 0.284. The molecule has 0 atom stereocenters. The van der Waals surface area contributed by atoms with E-state index in [-0.39, 0.29) is 17.4 Å². The second-order valence-electron chi connectivity index (χ2n) is 9.08. The van der Waals surface area contributed by atoms with Crippen molar-refractivity contribution in [3.05, 3.63) is 120 Å². The summed E-state index contributed by atoms with van der Waals surface area (Å²) >= 11 is 0. The van der Waals surface area contributed by atoms with Gasteiger partial charge in [-0.2, -0.15) is 5.26 Å². The fraction of sp³-hybridized carbons (Fsp3) is 0.161. The molecule has 0 aromatic heterocycles. The zero-order chi connectivity index (χ0) is 25.6. The third-order valence-electron chi connectivity index (χ3n) is 6.77. The third kappa shape index (κ3) is 5.32. The second-order valence-corrected chi connectivity index (χ2v) is 9.08. The number of amides is 1. The molecule has 0 aliphatic carbocycles. The van der Waals surface area contributed by atoms with Gasteiger partial charge in [-0.05, 0) is 23.3 Å². The first-order valence-electron chi connectivity index (χ1n) is 12.4. The van der Waals surface area contributed by atoms with Gasteiger partial charge in [0.15, 0.2) is 0 Å². The first-order chi connectivity index (χ1) is 18.1. The van der Waals surface area contributed by atoms with E-state index < -0.39 is 5.91 Å². The predicted octanol–water partition coefficient (Wildman–Crippen LogP) is 5.30. The van der Waals surface area contributed by atoms with Crippen LogP contribution in [0.2, 0.25) is 0 Å². The number of benzene rings is 4. The highest BCUT2D eigenvalue weighted by atomic mass is 16.3. The fourth-order valence-corrected chi connectivity index (χ4v) is 4.92. The van der Waals surface area contributed by atoms with Crippen molar-refractivity contribution in [2.75, 3.05) is 31.5 Å². The number of carbonyl (C=O) groups is 1. The first-order valence-corrected chi connectivity index (χ1v) is 12.4. The van der Waals surface area contributed by atoms with Crippen LogP contribution in [0.4, 0.5) is 5.69 Å². The maximum Gasteiger partial charge on any atom is 0.267 e. The number of nitrogens with one attached hydrogen (secondary N) is 1. The van der Waals surface area contributed by atoms with Crippen LogP contribution in [0.25, 0.3) is 10.8 Å². The van der Waals surface area contributed by atoms with Crippen LogP contribution in [0, 0.1) is 11.3 Å². The summed E-state index contributed by atoms with van der Waals surface area (Å²) in [4.78, 5) is 17.5. The van der Waals surface area contributed by atoms with Crippen LogP contribution in [0.1, 0.15) is 17.2 Å². The number of hydrogen-bond donors (Lipinski definition) is 2. The molecular formula is C31H28N4O2.